The normalized spacial score (nSPS) is 10.4. The Labute approximate surface area is 91.8 Å². The third-order valence-corrected chi connectivity index (χ3v) is 2.40. The van der Waals surface area contributed by atoms with Crippen LogP contribution in [0.4, 0.5) is 0 Å². The number of nitrogens with zero attached hydrogens (tertiary/aromatic N) is 1. The monoisotopic (exact) mass is 259 g/mol. The van der Waals surface area contributed by atoms with E-state index in [1.165, 1.54) is 0 Å². The lowest BCUT2D eigenvalue weighted by Gasteiger charge is -2.05. The molecule has 0 radical (unpaired) electrons. The van der Waals surface area contributed by atoms with Gasteiger partial charge in [0.2, 0.25) is 0 Å². The molecule has 0 N–H and O–H groups in total. The van der Waals surface area contributed by atoms with Crippen LogP contribution in [0, 0.1) is 0 Å². The van der Waals surface area contributed by atoms with Crippen molar-refractivity contribution in [1.29, 1.82) is 0 Å². The van der Waals surface area contributed by atoms with E-state index < -0.39 is 0 Å². The van der Waals surface area contributed by atoms with Crippen LogP contribution in [-0.4, -0.2) is 17.8 Å². The van der Waals surface area contributed by atoms with Gasteiger partial charge in [-0.25, -0.2) is 0 Å². The second-order valence-corrected chi connectivity index (χ2v) is 3.82. The van der Waals surface area contributed by atoms with Gasteiger partial charge in [0.05, 0.1) is 11.1 Å². The minimum absolute atomic E-state index is 0.00685. The minimum atomic E-state index is -0.00685. The standard InChI is InChI=1S/C10H14BrNO2/c1-2-7-14-8-6-12-5-3-4-9(11)10(12)13/h3-5H,2,6-8H2,1H3. The van der Waals surface area contributed by atoms with Crippen molar-refractivity contribution in [1.82, 2.24) is 4.57 Å². The predicted octanol–water partition coefficient (Wildman–Crippen LogP) is 2.04. The molecule has 4 heteroatoms. The highest BCUT2D eigenvalue weighted by Gasteiger charge is 1.98. The molecule has 0 fully saturated rings. The molecular weight excluding hydrogens is 246 g/mol. The Balaban J connectivity index is 2.51. The topological polar surface area (TPSA) is 31.2 Å². The number of pyridine rings is 1. The van der Waals surface area contributed by atoms with Crippen LogP contribution in [0.2, 0.25) is 0 Å². The average Bonchev–Trinajstić information content (AvgIpc) is 2.19. The molecule has 0 spiro atoms. The molecule has 0 amide bonds. The average molecular weight is 260 g/mol. The zero-order chi connectivity index (χ0) is 10.4. The molecule has 0 saturated heterocycles. The first-order chi connectivity index (χ1) is 6.75. The molecule has 1 aromatic heterocycles. The van der Waals surface area contributed by atoms with Crippen molar-refractivity contribution in [2.75, 3.05) is 13.2 Å². The van der Waals surface area contributed by atoms with Crippen LogP contribution in [0.25, 0.3) is 0 Å². The summed E-state index contributed by atoms with van der Waals surface area (Å²) in [6.45, 7) is 4.01. The maximum Gasteiger partial charge on any atom is 0.264 e. The van der Waals surface area contributed by atoms with E-state index in [1.54, 1.807) is 16.8 Å². The zero-order valence-electron chi connectivity index (χ0n) is 8.20. The lowest BCUT2D eigenvalue weighted by Crippen LogP contribution is -2.22. The van der Waals surface area contributed by atoms with Crippen molar-refractivity contribution in [2.45, 2.75) is 19.9 Å². The molecule has 1 aromatic rings. The molecule has 0 atom stereocenters. The molecule has 0 aliphatic heterocycles. The highest BCUT2D eigenvalue weighted by molar-refractivity contribution is 9.10. The van der Waals surface area contributed by atoms with Crippen molar-refractivity contribution < 1.29 is 4.74 Å². The van der Waals surface area contributed by atoms with Gasteiger partial charge in [-0.15, -0.1) is 0 Å². The van der Waals surface area contributed by atoms with E-state index in [0.29, 0.717) is 17.6 Å². The lowest BCUT2D eigenvalue weighted by molar-refractivity contribution is 0.126. The SMILES string of the molecule is CCCOCCn1cccc(Br)c1=O. The largest absolute Gasteiger partial charge is 0.380 e. The third-order valence-electron chi connectivity index (χ3n) is 1.80. The summed E-state index contributed by atoms with van der Waals surface area (Å²) in [5.41, 5.74) is -0.00685. The Kier molecular flexibility index (Phi) is 4.90. The minimum Gasteiger partial charge on any atom is -0.380 e. The molecule has 3 nitrogen and oxygen atoms in total. The van der Waals surface area contributed by atoms with Crippen LogP contribution in [0.3, 0.4) is 0 Å². The second kappa shape index (κ2) is 5.98. The van der Waals surface area contributed by atoms with E-state index in [0.717, 1.165) is 13.0 Å². The Morgan fingerprint density at radius 1 is 1.50 bits per heavy atom. The van der Waals surface area contributed by atoms with Crippen molar-refractivity contribution in [2.24, 2.45) is 0 Å². The van der Waals surface area contributed by atoms with Crippen LogP contribution in [0.5, 0.6) is 0 Å². The van der Waals surface area contributed by atoms with Crippen LogP contribution in [0.1, 0.15) is 13.3 Å². The number of hydrogen-bond donors (Lipinski definition) is 0. The van der Waals surface area contributed by atoms with Gasteiger partial charge in [0.25, 0.3) is 5.56 Å². The molecule has 0 bridgehead atoms. The number of ether oxygens (including phenoxy) is 1. The summed E-state index contributed by atoms with van der Waals surface area (Å²) in [5, 5.41) is 0. The molecule has 0 aromatic carbocycles. The highest BCUT2D eigenvalue weighted by atomic mass is 79.9. The number of aromatic nitrogens is 1. The predicted molar refractivity (Wildman–Crippen MR) is 59.5 cm³/mol. The Morgan fingerprint density at radius 2 is 2.29 bits per heavy atom. The summed E-state index contributed by atoms with van der Waals surface area (Å²) < 4.78 is 7.54. The fourth-order valence-electron chi connectivity index (χ4n) is 1.09. The van der Waals surface area contributed by atoms with Gasteiger partial charge in [0.1, 0.15) is 0 Å². The Bertz CT molecular complexity index is 335. The van der Waals surface area contributed by atoms with E-state index in [4.69, 9.17) is 4.74 Å². The van der Waals surface area contributed by atoms with Gasteiger partial charge in [0.15, 0.2) is 0 Å². The summed E-state index contributed by atoms with van der Waals surface area (Å²) >= 11 is 3.19. The Hall–Kier alpha value is -0.610. The van der Waals surface area contributed by atoms with Crippen molar-refractivity contribution in [3.63, 3.8) is 0 Å². The number of rotatable bonds is 5. The van der Waals surface area contributed by atoms with Gasteiger partial charge >= 0.3 is 0 Å². The van der Waals surface area contributed by atoms with Crippen LogP contribution < -0.4 is 5.56 Å². The molecule has 1 heterocycles. The van der Waals surface area contributed by atoms with Gasteiger partial charge < -0.3 is 9.30 Å². The Morgan fingerprint density at radius 3 is 3.00 bits per heavy atom. The molecule has 1 rings (SSSR count). The molecular formula is C10H14BrNO2. The van der Waals surface area contributed by atoms with Crippen LogP contribution in [0.15, 0.2) is 27.6 Å². The first kappa shape index (κ1) is 11.5. The second-order valence-electron chi connectivity index (χ2n) is 2.97. The molecule has 14 heavy (non-hydrogen) atoms. The van der Waals surface area contributed by atoms with Gasteiger partial charge in [-0.2, -0.15) is 0 Å². The molecule has 78 valence electrons. The summed E-state index contributed by atoms with van der Waals surface area (Å²) in [6.07, 6.45) is 2.77. The van der Waals surface area contributed by atoms with Gasteiger partial charge in [-0.05, 0) is 34.5 Å². The van der Waals surface area contributed by atoms with E-state index in [-0.39, 0.29) is 5.56 Å². The smallest absolute Gasteiger partial charge is 0.264 e. The maximum absolute atomic E-state index is 11.5. The third kappa shape index (κ3) is 3.27. The number of hydrogen-bond acceptors (Lipinski definition) is 2. The zero-order valence-corrected chi connectivity index (χ0v) is 9.79. The quantitative estimate of drug-likeness (QED) is 0.758. The van der Waals surface area contributed by atoms with E-state index >= 15 is 0 Å². The van der Waals surface area contributed by atoms with Crippen LogP contribution >= 0.6 is 15.9 Å². The van der Waals surface area contributed by atoms with E-state index in [9.17, 15) is 4.79 Å². The maximum atomic E-state index is 11.5. The summed E-state index contributed by atoms with van der Waals surface area (Å²) in [5.74, 6) is 0. The molecule has 0 saturated carbocycles. The molecule has 0 aliphatic rings. The van der Waals surface area contributed by atoms with Gasteiger partial charge in [-0.3, -0.25) is 4.79 Å². The molecule has 0 aliphatic carbocycles. The van der Waals surface area contributed by atoms with E-state index in [2.05, 4.69) is 22.9 Å². The lowest BCUT2D eigenvalue weighted by atomic mass is 10.4. The van der Waals surface area contributed by atoms with Gasteiger partial charge in [0, 0.05) is 19.3 Å². The summed E-state index contributed by atoms with van der Waals surface area (Å²) in [4.78, 5) is 11.5. The van der Waals surface area contributed by atoms with Crippen molar-refractivity contribution in [3.05, 3.63) is 33.2 Å². The van der Waals surface area contributed by atoms with E-state index in [1.807, 2.05) is 6.07 Å². The summed E-state index contributed by atoms with van der Waals surface area (Å²) in [7, 11) is 0. The van der Waals surface area contributed by atoms with Crippen molar-refractivity contribution >= 4 is 15.9 Å². The summed E-state index contributed by atoms with van der Waals surface area (Å²) in [6, 6.07) is 3.58. The fourth-order valence-corrected chi connectivity index (χ4v) is 1.47. The number of halogens is 1. The van der Waals surface area contributed by atoms with Crippen molar-refractivity contribution in [3.8, 4) is 0 Å². The first-order valence-corrected chi connectivity index (χ1v) is 5.47. The first-order valence-electron chi connectivity index (χ1n) is 4.68. The van der Waals surface area contributed by atoms with Gasteiger partial charge in [-0.1, -0.05) is 6.92 Å². The molecule has 0 unspecified atom stereocenters. The fraction of sp³-hybridized carbons (Fsp3) is 0.500. The highest BCUT2D eigenvalue weighted by Crippen LogP contribution is 2.00. The van der Waals surface area contributed by atoms with Crippen LogP contribution in [-0.2, 0) is 11.3 Å².